The van der Waals surface area contributed by atoms with E-state index < -0.39 is 0 Å². The van der Waals surface area contributed by atoms with Gasteiger partial charge in [-0.2, -0.15) is 5.26 Å². The van der Waals surface area contributed by atoms with Crippen LogP contribution in [0.25, 0.3) is 0 Å². The van der Waals surface area contributed by atoms with Crippen LogP contribution < -0.4 is 14.8 Å². The lowest BCUT2D eigenvalue weighted by atomic mass is 9.96. The van der Waals surface area contributed by atoms with E-state index in [2.05, 4.69) is 33.3 Å². The third-order valence-corrected chi connectivity index (χ3v) is 7.42. The molecule has 1 fully saturated rings. The number of rotatable bonds is 5. The van der Waals surface area contributed by atoms with Gasteiger partial charge in [0.15, 0.2) is 11.5 Å². The van der Waals surface area contributed by atoms with Crippen molar-refractivity contribution in [2.24, 2.45) is 0 Å². The Hall–Kier alpha value is -2.60. The molecule has 1 aliphatic carbocycles. The zero-order chi connectivity index (χ0) is 21.2. The Labute approximate surface area is 186 Å². The van der Waals surface area contributed by atoms with Crippen LogP contribution in [0.3, 0.4) is 0 Å². The second-order valence-corrected chi connectivity index (χ2v) is 9.42. The number of nitrogens with one attached hydrogen (secondary N) is 1. The number of amides is 1. The van der Waals surface area contributed by atoms with E-state index in [9.17, 15) is 10.1 Å². The molecule has 1 aromatic heterocycles. The van der Waals surface area contributed by atoms with Crippen molar-refractivity contribution in [1.29, 1.82) is 5.26 Å². The Kier molecular flexibility index (Phi) is 5.81. The minimum absolute atomic E-state index is 0.0284. The molecule has 0 saturated carbocycles. The van der Waals surface area contributed by atoms with E-state index in [0.717, 1.165) is 74.0 Å². The number of hydrogen-bond acceptors (Lipinski definition) is 7. The van der Waals surface area contributed by atoms with Gasteiger partial charge in [-0.1, -0.05) is 6.07 Å². The zero-order valence-corrected chi connectivity index (χ0v) is 18.3. The topological polar surface area (TPSA) is 77.8 Å². The van der Waals surface area contributed by atoms with Gasteiger partial charge in [0.25, 0.3) is 0 Å². The van der Waals surface area contributed by atoms with E-state index in [1.807, 2.05) is 6.07 Å². The van der Waals surface area contributed by atoms with Gasteiger partial charge in [-0.25, -0.2) is 0 Å². The zero-order valence-electron chi connectivity index (χ0n) is 17.5. The third kappa shape index (κ3) is 4.40. The maximum absolute atomic E-state index is 12.6. The van der Waals surface area contributed by atoms with Gasteiger partial charge >= 0.3 is 0 Å². The first kappa shape index (κ1) is 20.3. The number of hydrogen-bond donors (Lipinski definition) is 1. The molecule has 8 heteroatoms. The summed E-state index contributed by atoms with van der Waals surface area (Å²) in [6, 6.07) is 8.42. The van der Waals surface area contributed by atoms with Crippen molar-refractivity contribution in [2.75, 3.05) is 44.8 Å². The SMILES string of the molecule is N#Cc1c(NC(=O)CN2CCN(Cc3ccc4c(c3)OCO4)CC2)sc2c1CCCC2. The van der Waals surface area contributed by atoms with Gasteiger partial charge in [-0.3, -0.25) is 14.6 Å². The summed E-state index contributed by atoms with van der Waals surface area (Å²) in [6.07, 6.45) is 4.27. The number of carbonyl (C=O) groups is 1. The molecule has 7 nitrogen and oxygen atoms in total. The van der Waals surface area contributed by atoms with Crippen LogP contribution in [0.2, 0.25) is 0 Å². The summed E-state index contributed by atoms with van der Waals surface area (Å²) >= 11 is 1.59. The second-order valence-electron chi connectivity index (χ2n) is 8.31. The molecule has 0 atom stereocenters. The Morgan fingerprint density at radius 1 is 1.10 bits per heavy atom. The molecular formula is C23H26N4O3S. The Morgan fingerprint density at radius 2 is 1.87 bits per heavy atom. The van der Waals surface area contributed by atoms with Crippen molar-refractivity contribution in [3.8, 4) is 17.6 Å². The van der Waals surface area contributed by atoms with Gasteiger partial charge in [0.1, 0.15) is 11.1 Å². The molecule has 2 aliphatic heterocycles. The number of piperazine rings is 1. The van der Waals surface area contributed by atoms with E-state index in [1.54, 1.807) is 11.3 Å². The summed E-state index contributed by atoms with van der Waals surface area (Å²) in [5.41, 5.74) is 3.05. The molecule has 31 heavy (non-hydrogen) atoms. The molecule has 0 bridgehead atoms. The highest BCUT2D eigenvalue weighted by molar-refractivity contribution is 7.16. The van der Waals surface area contributed by atoms with E-state index in [0.29, 0.717) is 18.9 Å². The first-order chi connectivity index (χ1) is 15.2. The second kappa shape index (κ2) is 8.87. The van der Waals surface area contributed by atoms with Crippen molar-refractivity contribution in [1.82, 2.24) is 9.80 Å². The normalized spacial score (nSPS) is 18.4. The summed E-state index contributed by atoms with van der Waals surface area (Å²) in [5.74, 6) is 1.60. The predicted molar refractivity (Wildman–Crippen MR) is 119 cm³/mol. The summed E-state index contributed by atoms with van der Waals surface area (Å²) in [7, 11) is 0. The average molecular weight is 439 g/mol. The van der Waals surface area contributed by atoms with E-state index in [1.165, 1.54) is 16.9 Å². The number of nitrogens with zero attached hydrogens (tertiary/aromatic N) is 3. The first-order valence-electron chi connectivity index (χ1n) is 10.9. The number of fused-ring (bicyclic) bond motifs is 2. The maximum atomic E-state index is 12.6. The molecule has 1 aromatic carbocycles. The first-order valence-corrected chi connectivity index (χ1v) is 11.7. The molecule has 1 N–H and O–H groups in total. The highest BCUT2D eigenvalue weighted by Gasteiger charge is 2.24. The van der Waals surface area contributed by atoms with Crippen LogP contribution in [0.4, 0.5) is 5.00 Å². The summed E-state index contributed by atoms with van der Waals surface area (Å²) in [4.78, 5) is 18.5. The standard InChI is InChI=1S/C23H26N4O3S/c24-12-18-17-3-1-2-4-21(17)31-23(18)25-22(28)14-27-9-7-26(8-10-27)13-16-5-6-19-20(11-16)30-15-29-19/h5-6,11H,1-4,7-10,13-15H2,(H,25,28). The Morgan fingerprint density at radius 3 is 2.71 bits per heavy atom. The molecule has 5 rings (SSSR count). The number of carbonyl (C=O) groups excluding carboxylic acids is 1. The molecular weight excluding hydrogens is 412 g/mol. The van der Waals surface area contributed by atoms with Crippen LogP contribution in [0, 0.1) is 11.3 Å². The molecule has 0 radical (unpaired) electrons. The lowest BCUT2D eigenvalue weighted by Crippen LogP contribution is -2.48. The van der Waals surface area contributed by atoms with Crippen LogP contribution in [0.1, 0.15) is 34.4 Å². The van der Waals surface area contributed by atoms with Crippen LogP contribution in [-0.4, -0.2) is 55.2 Å². The summed E-state index contributed by atoms with van der Waals surface area (Å²) in [6.45, 7) is 5.06. The molecule has 1 saturated heterocycles. The summed E-state index contributed by atoms with van der Waals surface area (Å²) in [5, 5.41) is 13.3. The molecule has 1 amide bonds. The number of benzene rings is 1. The number of anilines is 1. The van der Waals surface area contributed by atoms with Gasteiger partial charge < -0.3 is 14.8 Å². The fourth-order valence-corrected chi connectivity index (χ4v) is 5.80. The molecule has 3 heterocycles. The van der Waals surface area contributed by atoms with Gasteiger partial charge in [-0.15, -0.1) is 11.3 Å². The number of thiophene rings is 1. The number of nitriles is 1. The number of aryl methyl sites for hydroxylation is 1. The third-order valence-electron chi connectivity index (χ3n) is 6.21. The fourth-order valence-electron chi connectivity index (χ4n) is 4.54. The van der Waals surface area contributed by atoms with Crippen LogP contribution in [0.5, 0.6) is 11.5 Å². The van der Waals surface area contributed by atoms with E-state index in [4.69, 9.17) is 9.47 Å². The molecule has 2 aromatic rings. The fraction of sp³-hybridized carbons (Fsp3) is 0.478. The van der Waals surface area contributed by atoms with Crippen LogP contribution in [0.15, 0.2) is 18.2 Å². The summed E-state index contributed by atoms with van der Waals surface area (Å²) < 4.78 is 10.8. The minimum atomic E-state index is -0.0284. The monoisotopic (exact) mass is 438 g/mol. The van der Waals surface area contributed by atoms with Crippen molar-refractivity contribution >= 4 is 22.2 Å². The van der Waals surface area contributed by atoms with Gasteiger partial charge in [0, 0.05) is 37.6 Å². The quantitative estimate of drug-likeness (QED) is 0.773. The van der Waals surface area contributed by atoms with E-state index >= 15 is 0 Å². The Balaban J connectivity index is 1.12. The predicted octanol–water partition coefficient (Wildman–Crippen LogP) is 2.98. The van der Waals surface area contributed by atoms with Crippen molar-refractivity contribution < 1.29 is 14.3 Å². The highest BCUT2D eigenvalue weighted by atomic mass is 32.1. The van der Waals surface area contributed by atoms with Gasteiger partial charge in [0.05, 0.1) is 12.1 Å². The molecule has 162 valence electrons. The van der Waals surface area contributed by atoms with Crippen LogP contribution >= 0.6 is 11.3 Å². The molecule has 3 aliphatic rings. The minimum Gasteiger partial charge on any atom is -0.454 e. The van der Waals surface area contributed by atoms with Gasteiger partial charge in [0.2, 0.25) is 12.7 Å². The van der Waals surface area contributed by atoms with Crippen molar-refractivity contribution in [2.45, 2.75) is 32.2 Å². The Bertz CT molecular complexity index is 1020. The van der Waals surface area contributed by atoms with Crippen molar-refractivity contribution in [3.05, 3.63) is 39.8 Å². The lowest BCUT2D eigenvalue weighted by Gasteiger charge is -2.34. The average Bonchev–Trinajstić information content (AvgIpc) is 3.38. The largest absolute Gasteiger partial charge is 0.454 e. The van der Waals surface area contributed by atoms with E-state index in [-0.39, 0.29) is 5.91 Å². The maximum Gasteiger partial charge on any atom is 0.239 e. The highest BCUT2D eigenvalue weighted by Crippen LogP contribution is 2.37. The van der Waals surface area contributed by atoms with Crippen LogP contribution in [-0.2, 0) is 24.2 Å². The molecule has 0 spiro atoms. The lowest BCUT2D eigenvalue weighted by molar-refractivity contribution is -0.117. The van der Waals surface area contributed by atoms with Crippen molar-refractivity contribution in [3.63, 3.8) is 0 Å². The van der Waals surface area contributed by atoms with Gasteiger partial charge in [-0.05, 0) is 48.9 Å². The number of ether oxygens (including phenoxy) is 2. The smallest absolute Gasteiger partial charge is 0.239 e. The molecule has 0 unspecified atom stereocenters.